The number of nitriles is 1. The normalized spacial score (nSPS) is 6.00. The van der Waals surface area contributed by atoms with Crippen LogP contribution in [-0.4, -0.2) is 5.12 Å². The fourth-order valence-corrected chi connectivity index (χ4v) is 0.229. The maximum Gasteiger partial charge on any atom is 0.301 e. The van der Waals surface area contributed by atoms with Crippen molar-refractivity contribution in [3.63, 3.8) is 0 Å². The third-order valence-electron chi connectivity index (χ3n) is 0.243. The molecule has 7 heavy (non-hydrogen) atoms. The molecule has 0 unspecified atom stereocenters. The Kier molecular flexibility index (Phi) is 2.83. The Morgan fingerprint density at radius 1 is 1.86 bits per heavy atom. The van der Waals surface area contributed by atoms with Crippen molar-refractivity contribution in [1.82, 2.24) is 0 Å². The second-order valence-electron chi connectivity index (χ2n) is 0.619. The van der Waals surface area contributed by atoms with E-state index in [-0.39, 0.29) is 0 Å². The molecule has 0 aromatic carbocycles. The molecule has 2 nitrogen and oxygen atoms in total. The number of nitrogens with zero attached hydrogens (tertiary/aromatic N) is 1. The maximum atomic E-state index is 9.87. The number of hydrogen-bond donors (Lipinski definition) is 0. The molecule has 0 N–H and O–H groups in total. The molecule has 0 aliphatic rings. The summed E-state index contributed by atoms with van der Waals surface area (Å²) in [5, 5.41) is 9.08. The van der Waals surface area contributed by atoms with Crippen molar-refractivity contribution >= 4 is 16.9 Å². The number of carbonyl (C=O) groups excluding carboxylic acids is 1. The molecular formula is C4HNOS. The number of rotatable bonds is 0. The van der Waals surface area contributed by atoms with Gasteiger partial charge in [-0.25, -0.2) is 0 Å². The van der Waals surface area contributed by atoms with E-state index in [1.54, 1.807) is 0 Å². The molecule has 34 valence electrons. The van der Waals surface area contributed by atoms with E-state index in [2.05, 4.69) is 6.42 Å². The molecular weight excluding hydrogens is 110 g/mol. The average Bonchev–Trinajstić information content (AvgIpc) is 1.68. The summed E-state index contributed by atoms with van der Waals surface area (Å²) in [6.45, 7) is 0. The average molecular weight is 111 g/mol. The summed E-state index contributed by atoms with van der Waals surface area (Å²) in [4.78, 5) is 9.87. The van der Waals surface area contributed by atoms with Crippen molar-refractivity contribution in [2.75, 3.05) is 0 Å². The molecule has 0 amide bonds. The minimum absolute atomic E-state index is 0.559. The van der Waals surface area contributed by atoms with Gasteiger partial charge in [-0.3, -0.25) is 4.79 Å². The fraction of sp³-hybridized carbons (Fsp3) is 0. The highest BCUT2D eigenvalue weighted by atomic mass is 32.2. The Labute approximate surface area is 45.5 Å². The van der Waals surface area contributed by atoms with Gasteiger partial charge in [0.15, 0.2) is 6.07 Å². The minimum Gasteiger partial charge on any atom is -0.269 e. The van der Waals surface area contributed by atoms with Gasteiger partial charge in [0.05, 0.1) is 0 Å². The minimum atomic E-state index is -0.637. The van der Waals surface area contributed by atoms with E-state index in [1.165, 1.54) is 6.07 Å². The number of hydrogen-bond acceptors (Lipinski definition) is 3. The van der Waals surface area contributed by atoms with E-state index in [1.807, 2.05) is 5.25 Å². The molecule has 3 heteroatoms. The highest BCUT2D eigenvalue weighted by Crippen LogP contribution is 1.93. The largest absolute Gasteiger partial charge is 0.301 e. The Balaban J connectivity index is 3.50. The molecule has 0 saturated carbocycles. The van der Waals surface area contributed by atoms with Crippen molar-refractivity contribution in [3.05, 3.63) is 0 Å². The standard InChI is InChI=1S/C4HNOS/c1-2-7-4(6)3-5/h1H. The molecule has 0 spiro atoms. The second-order valence-corrected chi connectivity index (χ2v) is 1.43. The summed E-state index contributed by atoms with van der Waals surface area (Å²) in [5.41, 5.74) is 0. The monoisotopic (exact) mass is 111 g/mol. The topological polar surface area (TPSA) is 40.9 Å². The van der Waals surface area contributed by atoms with Gasteiger partial charge < -0.3 is 0 Å². The van der Waals surface area contributed by atoms with Gasteiger partial charge in [-0.2, -0.15) is 5.26 Å². The van der Waals surface area contributed by atoms with Crippen LogP contribution in [0.4, 0.5) is 0 Å². The molecule has 0 fully saturated rings. The van der Waals surface area contributed by atoms with E-state index >= 15 is 0 Å². The van der Waals surface area contributed by atoms with Gasteiger partial charge in [0.2, 0.25) is 0 Å². The Bertz CT molecular complexity index is 150. The summed E-state index contributed by atoms with van der Waals surface area (Å²) in [7, 11) is 0. The lowest BCUT2D eigenvalue weighted by atomic mass is 10.9. The van der Waals surface area contributed by atoms with Gasteiger partial charge in [-0.1, -0.05) is 0 Å². The van der Waals surface area contributed by atoms with E-state index < -0.39 is 5.12 Å². The molecule has 0 atom stereocenters. The van der Waals surface area contributed by atoms with Crippen LogP contribution in [0.25, 0.3) is 0 Å². The second kappa shape index (κ2) is 3.27. The predicted molar refractivity (Wildman–Crippen MR) is 27.0 cm³/mol. The van der Waals surface area contributed by atoms with Gasteiger partial charge in [-0.15, -0.1) is 6.42 Å². The van der Waals surface area contributed by atoms with E-state index in [0.717, 1.165) is 0 Å². The van der Waals surface area contributed by atoms with Gasteiger partial charge in [-0.05, 0) is 5.25 Å². The maximum absolute atomic E-state index is 9.87. The zero-order valence-corrected chi connectivity index (χ0v) is 4.16. The third-order valence-corrected chi connectivity index (χ3v) is 0.637. The van der Waals surface area contributed by atoms with Crippen molar-refractivity contribution in [2.24, 2.45) is 0 Å². The van der Waals surface area contributed by atoms with Crippen molar-refractivity contribution < 1.29 is 4.79 Å². The summed E-state index contributed by atoms with van der Waals surface area (Å²) >= 11 is 0.559. The molecule has 0 aliphatic heterocycles. The van der Waals surface area contributed by atoms with Crippen LogP contribution in [0.2, 0.25) is 0 Å². The lowest BCUT2D eigenvalue weighted by Crippen LogP contribution is -1.77. The smallest absolute Gasteiger partial charge is 0.269 e. The SMILES string of the molecule is C#CSC(=O)C#N. The molecule has 0 saturated heterocycles. The third kappa shape index (κ3) is 2.88. The molecule has 0 aromatic rings. The first kappa shape index (κ1) is 6.07. The van der Waals surface area contributed by atoms with Crippen LogP contribution in [-0.2, 0) is 4.79 Å². The molecule has 0 aliphatic carbocycles. The zero-order valence-electron chi connectivity index (χ0n) is 3.34. The lowest BCUT2D eigenvalue weighted by Gasteiger charge is -1.68. The first-order valence-corrected chi connectivity index (χ1v) is 2.19. The molecule has 0 aromatic heterocycles. The quantitative estimate of drug-likeness (QED) is 0.335. The van der Waals surface area contributed by atoms with Crippen molar-refractivity contribution in [2.45, 2.75) is 0 Å². The van der Waals surface area contributed by atoms with Gasteiger partial charge >= 0.3 is 5.12 Å². The zero-order chi connectivity index (χ0) is 5.70. The highest BCUT2D eigenvalue weighted by Gasteiger charge is 1.91. The lowest BCUT2D eigenvalue weighted by molar-refractivity contribution is -0.106. The predicted octanol–water partition coefficient (Wildman–Crippen LogP) is 0.360. The number of thioether (sulfide) groups is 1. The van der Waals surface area contributed by atoms with Crippen LogP contribution in [0.3, 0.4) is 0 Å². The van der Waals surface area contributed by atoms with Crippen LogP contribution in [0, 0.1) is 23.0 Å². The van der Waals surface area contributed by atoms with Crippen molar-refractivity contribution in [1.29, 1.82) is 5.26 Å². The van der Waals surface area contributed by atoms with Gasteiger partial charge in [0, 0.05) is 11.8 Å². The van der Waals surface area contributed by atoms with E-state index in [9.17, 15) is 4.79 Å². The summed E-state index contributed by atoms with van der Waals surface area (Å²) in [5.74, 6) is 0. The number of terminal acetylenes is 1. The Hall–Kier alpha value is -0.930. The molecule has 0 heterocycles. The van der Waals surface area contributed by atoms with E-state index in [0.29, 0.717) is 11.8 Å². The summed E-state index contributed by atoms with van der Waals surface area (Å²) in [6, 6.07) is 1.35. The first-order chi connectivity index (χ1) is 3.31. The Morgan fingerprint density at radius 3 is 2.57 bits per heavy atom. The number of carbonyl (C=O) groups is 1. The Morgan fingerprint density at radius 2 is 2.43 bits per heavy atom. The fourth-order valence-electron chi connectivity index (χ4n) is 0.0763. The van der Waals surface area contributed by atoms with Crippen LogP contribution in [0.5, 0.6) is 0 Å². The van der Waals surface area contributed by atoms with Crippen LogP contribution < -0.4 is 0 Å². The van der Waals surface area contributed by atoms with Crippen molar-refractivity contribution in [3.8, 4) is 17.7 Å². The first-order valence-electron chi connectivity index (χ1n) is 1.37. The van der Waals surface area contributed by atoms with Gasteiger partial charge in [0.25, 0.3) is 0 Å². The molecule has 0 rings (SSSR count). The van der Waals surface area contributed by atoms with Crippen LogP contribution in [0.15, 0.2) is 0 Å². The summed E-state index contributed by atoms with van der Waals surface area (Å²) < 4.78 is 0. The molecule has 0 bridgehead atoms. The van der Waals surface area contributed by atoms with Gasteiger partial charge in [0.1, 0.15) is 0 Å². The highest BCUT2D eigenvalue weighted by molar-refractivity contribution is 8.18. The van der Waals surface area contributed by atoms with Crippen LogP contribution in [0.1, 0.15) is 0 Å². The van der Waals surface area contributed by atoms with E-state index in [4.69, 9.17) is 5.26 Å². The van der Waals surface area contributed by atoms with Crippen LogP contribution >= 0.6 is 11.8 Å². The molecule has 0 radical (unpaired) electrons. The summed E-state index contributed by atoms with van der Waals surface area (Å²) in [6.07, 6.45) is 4.65.